The van der Waals surface area contributed by atoms with E-state index in [1.807, 2.05) is 24.3 Å². The average molecular weight is 406 g/mol. The number of hydrogen-bond donors (Lipinski definition) is 1. The highest BCUT2D eigenvalue weighted by atomic mass is 127. The van der Waals surface area contributed by atoms with E-state index in [1.54, 1.807) is 0 Å². The van der Waals surface area contributed by atoms with Crippen LogP contribution in [0.3, 0.4) is 0 Å². The quantitative estimate of drug-likeness (QED) is 0.617. The van der Waals surface area contributed by atoms with E-state index in [2.05, 4.69) is 32.8 Å². The number of rotatable bonds is 3. The van der Waals surface area contributed by atoms with E-state index in [0.717, 1.165) is 26.7 Å². The van der Waals surface area contributed by atoms with Gasteiger partial charge in [-0.3, -0.25) is 4.79 Å². The smallest absolute Gasteiger partial charge is 0.234 e. The summed E-state index contributed by atoms with van der Waals surface area (Å²) in [5.41, 5.74) is 0.862. The maximum Gasteiger partial charge on any atom is 0.234 e. The molecule has 1 saturated heterocycles. The highest BCUT2D eigenvalue weighted by molar-refractivity contribution is 14.1. The molecule has 19 heavy (non-hydrogen) atoms. The molecule has 1 aliphatic heterocycles. The van der Waals surface area contributed by atoms with Crippen molar-refractivity contribution in [3.05, 3.63) is 27.8 Å². The minimum atomic E-state index is -0.00402. The lowest BCUT2D eigenvalue weighted by Gasteiger charge is -2.17. The van der Waals surface area contributed by atoms with Gasteiger partial charge in [-0.05, 0) is 47.6 Å². The Morgan fingerprint density at radius 2 is 2.05 bits per heavy atom. The summed E-state index contributed by atoms with van der Waals surface area (Å²) in [6.07, 6.45) is 2.41. The minimum Gasteiger partial charge on any atom is -0.358 e. The standard InChI is InChI=1S/C13H15IN2OS2/c14-10-5-1-2-6-11(10)15-12(17)9-19-13(18)16-7-3-4-8-16/h1-2,5-6H,3-4,7-9H2,(H,15,17). The molecule has 1 heterocycles. The van der Waals surface area contributed by atoms with Crippen LogP contribution in [0.25, 0.3) is 0 Å². The van der Waals surface area contributed by atoms with Gasteiger partial charge in [-0.15, -0.1) is 0 Å². The van der Waals surface area contributed by atoms with E-state index in [1.165, 1.54) is 24.6 Å². The molecule has 0 spiro atoms. The van der Waals surface area contributed by atoms with Crippen molar-refractivity contribution in [1.29, 1.82) is 0 Å². The lowest BCUT2D eigenvalue weighted by Crippen LogP contribution is -2.25. The number of halogens is 1. The summed E-state index contributed by atoms with van der Waals surface area (Å²) in [6.45, 7) is 2.06. The molecule has 1 fully saturated rings. The third-order valence-electron chi connectivity index (χ3n) is 2.84. The zero-order valence-electron chi connectivity index (χ0n) is 10.4. The fourth-order valence-electron chi connectivity index (χ4n) is 1.87. The number of anilines is 1. The fourth-order valence-corrected chi connectivity index (χ4v) is 3.44. The Bertz CT molecular complexity index is 475. The van der Waals surface area contributed by atoms with E-state index in [4.69, 9.17) is 12.2 Å². The number of nitrogens with zero attached hydrogens (tertiary/aromatic N) is 1. The van der Waals surface area contributed by atoms with Gasteiger partial charge < -0.3 is 10.2 Å². The van der Waals surface area contributed by atoms with Crippen LogP contribution in [-0.4, -0.2) is 34.0 Å². The van der Waals surface area contributed by atoms with Crippen LogP contribution in [0.4, 0.5) is 5.69 Å². The first-order valence-corrected chi connectivity index (χ1v) is 8.60. The van der Waals surface area contributed by atoms with Crippen LogP contribution in [0.2, 0.25) is 0 Å². The predicted molar refractivity (Wildman–Crippen MR) is 93.7 cm³/mol. The second-order valence-corrected chi connectivity index (χ2v) is 7.05. The van der Waals surface area contributed by atoms with E-state index in [0.29, 0.717) is 5.75 Å². The van der Waals surface area contributed by atoms with Crippen molar-refractivity contribution in [3.63, 3.8) is 0 Å². The minimum absolute atomic E-state index is 0.00402. The molecule has 0 radical (unpaired) electrons. The van der Waals surface area contributed by atoms with Crippen LogP contribution in [0.15, 0.2) is 24.3 Å². The topological polar surface area (TPSA) is 32.3 Å². The number of hydrogen-bond acceptors (Lipinski definition) is 3. The third kappa shape index (κ3) is 4.61. The van der Waals surface area contributed by atoms with Crippen LogP contribution in [0.1, 0.15) is 12.8 Å². The van der Waals surface area contributed by atoms with Gasteiger partial charge in [0.25, 0.3) is 0 Å². The summed E-state index contributed by atoms with van der Waals surface area (Å²) in [4.78, 5) is 14.1. The highest BCUT2D eigenvalue weighted by Crippen LogP contribution is 2.19. The number of amides is 1. The number of likely N-dealkylation sites (tertiary alicyclic amines) is 1. The lowest BCUT2D eigenvalue weighted by molar-refractivity contribution is -0.113. The van der Waals surface area contributed by atoms with Crippen molar-refractivity contribution in [1.82, 2.24) is 4.90 Å². The summed E-state index contributed by atoms with van der Waals surface area (Å²) in [5, 5.41) is 2.91. The maximum atomic E-state index is 11.9. The summed E-state index contributed by atoms with van der Waals surface area (Å²) in [6, 6.07) is 7.75. The van der Waals surface area contributed by atoms with Gasteiger partial charge in [0.1, 0.15) is 4.32 Å². The molecule has 0 saturated carbocycles. The molecule has 1 aromatic rings. The van der Waals surface area contributed by atoms with Crippen molar-refractivity contribution in [2.45, 2.75) is 12.8 Å². The number of para-hydroxylation sites is 1. The Balaban J connectivity index is 1.78. The lowest BCUT2D eigenvalue weighted by atomic mass is 10.3. The molecule has 6 heteroatoms. The van der Waals surface area contributed by atoms with Crippen LogP contribution < -0.4 is 5.32 Å². The molecule has 1 aliphatic rings. The van der Waals surface area contributed by atoms with Gasteiger partial charge in [0, 0.05) is 16.7 Å². The number of benzene rings is 1. The second kappa shape index (κ2) is 7.44. The summed E-state index contributed by atoms with van der Waals surface area (Å²) in [7, 11) is 0. The van der Waals surface area contributed by atoms with Crippen LogP contribution >= 0.6 is 46.6 Å². The Labute approximate surface area is 136 Å². The number of carbonyl (C=O) groups is 1. The first kappa shape index (κ1) is 15.1. The Kier molecular flexibility index (Phi) is 5.90. The average Bonchev–Trinajstić information content (AvgIpc) is 2.93. The molecular formula is C13H15IN2OS2. The molecule has 3 nitrogen and oxygen atoms in total. The van der Waals surface area contributed by atoms with E-state index >= 15 is 0 Å². The van der Waals surface area contributed by atoms with Gasteiger partial charge in [0.05, 0.1) is 11.4 Å². The molecule has 1 N–H and O–H groups in total. The van der Waals surface area contributed by atoms with Gasteiger partial charge in [0.15, 0.2) is 0 Å². The van der Waals surface area contributed by atoms with Crippen LogP contribution in [-0.2, 0) is 4.79 Å². The molecule has 1 amide bonds. The zero-order valence-corrected chi connectivity index (χ0v) is 14.2. The molecule has 0 bridgehead atoms. The first-order valence-electron chi connectivity index (χ1n) is 6.13. The van der Waals surface area contributed by atoms with Gasteiger partial charge in [0.2, 0.25) is 5.91 Å². The Morgan fingerprint density at radius 1 is 1.37 bits per heavy atom. The van der Waals surface area contributed by atoms with Crippen molar-refractivity contribution in [2.75, 3.05) is 24.2 Å². The third-order valence-corrected chi connectivity index (χ3v) is 5.30. The highest BCUT2D eigenvalue weighted by Gasteiger charge is 2.16. The monoisotopic (exact) mass is 406 g/mol. The van der Waals surface area contributed by atoms with Crippen molar-refractivity contribution in [2.24, 2.45) is 0 Å². The van der Waals surface area contributed by atoms with Gasteiger partial charge in [-0.2, -0.15) is 0 Å². The van der Waals surface area contributed by atoms with E-state index < -0.39 is 0 Å². The van der Waals surface area contributed by atoms with Crippen LogP contribution in [0, 0.1) is 3.57 Å². The summed E-state index contributed by atoms with van der Waals surface area (Å²) < 4.78 is 1.89. The molecule has 2 rings (SSSR count). The predicted octanol–water partition coefficient (Wildman–Crippen LogP) is 3.34. The largest absolute Gasteiger partial charge is 0.358 e. The normalized spacial score (nSPS) is 14.5. The maximum absolute atomic E-state index is 11.9. The number of carbonyl (C=O) groups excluding carboxylic acids is 1. The molecule has 102 valence electrons. The molecule has 1 aromatic carbocycles. The number of nitrogens with one attached hydrogen (secondary N) is 1. The van der Waals surface area contributed by atoms with E-state index in [9.17, 15) is 4.79 Å². The van der Waals surface area contributed by atoms with E-state index in [-0.39, 0.29) is 5.91 Å². The first-order chi connectivity index (χ1) is 9.16. The number of thioether (sulfide) groups is 1. The zero-order chi connectivity index (χ0) is 13.7. The SMILES string of the molecule is O=C(CSC(=S)N1CCCC1)Nc1ccccc1I. The summed E-state index contributed by atoms with van der Waals surface area (Å²) in [5.74, 6) is 0.371. The summed E-state index contributed by atoms with van der Waals surface area (Å²) >= 11 is 8.99. The van der Waals surface area contributed by atoms with Gasteiger partial charge in [-0.1, -0.05) is 36.1 Å². The molecule has 0 atom stereocenters. The molecular weight excluding hydrogens is 391 g/mol. The van der Waals surface area contributed by atoms with Crippen molar-refractivity contribution >= 4 is 62.5 Å². The van der Waals surface area contributed by atoms with Crippen molar-refractivity contribution in [3.8, 4) is 0 Å². The van der Waals surface area contributed by atoms with Crippen LogP contribution in [0.5, 0.6) is 0 Å². The van der Waals surface area contributed by atoms with Gasteiger partial charge >= 0.3 is 0 Å². The number of thiocarbonyl (C=S) groups is 1. The second-order valence-electron chi connectivity index (χ2n) is 4.28. The fraction of sp³-hybridized carbons (Fsp3) is 0.385. The molecule has 0 aliphatic carbocycles. The Morgan fingerprint density at radius 3 is 2.74 bits per heavy atom. The van der Waals surface area contributed by atoms with Gasteiger partial charge in [-0.25, -0.2) is 0 Å². The van der Waals surface area contributed by atoms with Crippen molar-refractivity contribution < 1.29 is 4.79 Å². The Hall–Kier alpha value is -0.340. The molecule has 0 unspecified atom stereocenters. The molecule has 0 aromatic heterocycles.